The summed E-state index contributed by atoms with van der Waals surface area (Å²) < 4.78 is 1.68. The number of anilines is 1. The SMILES string of the molecule is CN(c1cnnn1C)C(C)(C)CO. The second-order valence-electron chi connectivity index (χ2n) is 3.75. The highest BCUT2D eigenvalue weighted by Crippen LogP contribution is 2.19. The fraction of sp³-hybridized carbons (Fsp3) is 0.750. The Bertz CT molecular complexity index is 281. The van der Waals surface area contributed by atoms with Crippen LogP contribution < -0.4 is 4.90 Å². The third-order valence-corrected chi connectivity index (χ3v) is 2.33. The average molecular weight is 184 g/mol. The summed E-state index contributed by atoms with van der Waals surface area (Å²) in [6, 6.07) is 0. The number of likely N-dealkylation sites (N-methyl/N-ethyl adjacent to an activating group) is 1. The van der Waals surface area contributed by atoms with Crippen LogP contribution in [0, 0.1) is 0 Å². The fourth-order valence-electron chi connectivity index (χ4n) is 1.00. The number of rotatable bonds is 3. The zero-order valence-electron chi connectivity index (χ0n) is 8.52. The Labute approximate surface area is 78.0 Å². The van der Waals surface area contributed by atoms with Gasteiger partial charge in [0.05, 0.1) is 18.3 Å². The molecule has 0 spiro atoms. The van der Waals surface area contributed by atoms with Gasteiger partial charge in [0, 0.05) is 14.1 Å². The largest absolute Gasteiger partial charge is 0.394 e. The first-order chi connectivity index (χ1) is 5.99. The molecule has 0 aliphatic carbocycles. The van der Waals surface area contributed by atoms with Gasteiger partial charge in [-0.15, -0.1) is 5.10 Å². The van der Waals surface area contributed by atoms with E-state index in [1.807, 2.05) is 32.8 Å². The lowest BCUT2D eigenvalue weighted by Gasteiger charge is -2.34. The van der Waals surface area contributed by atoms with Gasteiger partial charge in [-0.05, 0) is 13.8 Å². The highest BCUT2D eigenvalue weighted by atomic mass is 16.3. The number of aromatic nitrogens is 3. The molecule has 0 aliphatic rings. The van der Waals surface area contributed by atoms with Gasteiger partial charge in [-0.1, -0.05) is 5.21 Å². The monoisotopic (exact) mass is 184 g/mol. The Kier molecular flexibility index (Phi) is 2.56. The van der Waals surface area contributed by atoms with Crippen molar-refractivity contribution in [2.45, 2.75) is 19.4 Å². The summed E-state index contributed by atoms with van der Waals surface area (Å²) in [5, 5.41) is 16.8. The van der Waals surface area contributed by atoms with Gasteiger partial charge < -0.3 is 10.0 Å². The van der Waals surface area contributed by atoms with Crippen molar-refractivity contribution in [3.8, 4) is 0 Å². The summed E-state index contributed by atoms with van der Waals surface area (Å²) in [5.41, 5.74) is -0.296. The van der Waals surface area contributed by atoms with E-state index in [9.17, 15) is 0 Å². The molecule has 0 radical (unpaired) electrons. The molecule has 1 heterocycles. The smallest absolute Gasteiger partial charge is 0.147 e. The maximum absolute atomic E-state index is 9.16. The third kappa shape index (κ3) is 1.80. The summed E-state index contributed by atoms with van der Waals surface area (Å²) >= 11 is 0. The zero-order valence-corrected chi connectivity index (χ0v) is 8.52. The Balaban J connectivity index is 2.91. The Morgan fingerprint density at radius 1 is 1.62 bits per heavy atom. The molecule has 0 saturated heterocycles. The van der Waals surface area contributed by atoms with E-state index in [1.165, 1.54) is 0 Å². The molecule has 0 fully saturated rings. The lowest BCUT2D eigenvalue weighted by molar-refractivity contribution is 0.215. The molecule has 0 aliphatic heterocycles. The van der Waals surface area contributed by atoms with Crippen molar-refractivity contribution in [3.05, 3.63) is 6.20 Å². The van der Waals surface area contributed by atoms with Crippen molar-refractivity contribution in [2.75, 3.05) is 18.6 Å². The summed E-state index contributed by atoms with van der Waals surface area (Å²) in [4.78, 5) is 1.95. The molecule has 0 unspecified atom stereocenters. The van der Waals surface area contributed by atoms with Crippen LogP contribution in [0.4, 0.5) is 5.82 Å². The van der Waals surface area contributed by atoms with Gasteiger partial charge in [0.1, 0.15) is 5.82 Å². The predicted octanol–water partition coefficient (Wildman–Crippen LogP) is 0.0222. The van der Waals surface area contributed by atoms with E-state index >= 15 is 0 Å². The van der Waals surface area contributed by atoms with Gasteiger partial charge in [0.2, 0.25) is 0 Å². The molecule has 13 heavy (non-hydrogen) atoms. The summed E-state index contributed by atoms with van der Waals surface area (Å²) in [7, 11) is 3.74. The molecule has 1 aromatic heterocycles. The first kappa shape index (κ1) is 9.98. The molecule has 5 nitrogen and oxygen atoms in total. The quantitative estimate of drug-likeness (QED) is 0.719. The predicted molar refractivity (Wildman–Crippen MR) is 50.6 cm³/mol. The van der Waals surface area contributed by atoms with Crippen molar-refractivity contribution in [1.82, 2.24) is 15.0 Å². The minimum atomic E-state index is -0.296. The third-order valence-electron chi connectivity index (χ3n) is 2.33. The van der Waals surface area contributed by atoms with Crippen LogP contribution in [0.5, 0.6) is 0 Å². The molecule has 0 amide bonds. The number of nitrogens with zero attached hydrogens (tertiary/aromatic N) is 4. The normalized spacial score (nSPS) is 11.8. The van der Waals surface area contributed by atoms with Crippen molar-refractivity contribution < 1.29 is 5.11 Å². The molecule has 5 heteroatoms. The van der Waals surface area contributed by atoms with E-state index < -0.39 is 0 Å². The maximum atomic E-state index is 9.16. The van der Waals surface area contributed by atoms with Crippen LogP contribution in [0.2, 0.25) is 0 Å². The van der Waals surface area contributed by atoms with Gasteiger partial charge in [-0.25, -0.2) is 4.68 Å². The molecule has 74 valence electrons. The Morgan fingerprint density at radius 2 is 2.23 bits per heavy atom. The van der Waals surface area contributed by atoms with E-state index in [1.54, 1.807) is 10.9 Å². The van der Waals surface area contributed by atoms with Crippen LogP contribution in [-0.4, -0.2) is 39.3 Å². The minimum Gasteiger partial charge on any atom is -0.394 e. The van der Waals surface area contributed by atoms with Gasteiger partial charge in [0.25, 0.3) is 0 Å². The highest BCUT2D eigenvalue weighted by molar-refractivity contribution is 5.38. The molecule has 0 aromatic carbocycles. The fourth-order valence-corrected chi connectivity index (χ4v) is 1.00. The number of aliphatic hydroxyl groups is 1. The molecular formula is C8H16N4O. The minimum absolute atomic E-state index is 0.0919. The number of aliphatic hydroxyl groups excluding tert-OH is 1. The maximum Gasteiger partial charge on any atom is 0.147 e. The number of hydrogen-bond donors (Lipinski definition) is 1. The van der Waals surface area contributed by atoms with Gasteiger partial charge in [-0.2, -0.15) is 0 Å². The molecule has 0 saturated carbocycles. The first-order valence-electron chi connectivity index (χ1n) is 4.18. The van der Waals surface area contributed by atoms with Crippen molar-refractivity contribution in [1.29, 1.82) is 0 Å². The Hall–Kier alpha value is -1.10. The molecule has 1 N–H and O–H groups in total. The zero-order chi connectivity index (χ0) is 10.1. The molecule has 1 aromatic rings. The second kappa shape index (κ2) is 3.33. The molecule has 0 bridgehead atoms. The van der Waals surface area contributed by atoms with Crippen molar-refractivity contribution >= 4 is 5.82 Å². The van der Waals surface area contributed by atoms with E-state index in [-0.39, 0.29) is 12.1 Å². The van der Waals surface area contributed by atoms with Crippen LogP contribution in [0.1, 0.15) is 13.8 Å². The summed E-state index contributed by atoms with van der Waals surface area (Å²) in [5.74, 6) is 0.888. The van der Waals surface area contributed by atoms with E-state index in [4.69, 9.17) is 5.11 Å². The van der Waals surface area contributed by atoms with E-state index in [2.05, 4.69) is 10.3 Å². The lowest BCUT2D eigenvalue weighted by Crippen LogP contribution is -2.45. The van der Waals surface area contributed by atoms with E-state index in [0.717, 1.165) is 5.82 Å². The molecule has 0 atom stereocenters. The van der Waals surface area contributed by atoms with Crippen LogP contribution in [0.25, 0.3) is 0 Å². The summed E-state index contributed by atoms with van der Waals surface area (Å²) in [6.07, 6.45) is 1.68. The van der Waals surface area contributed by atoms with Gasteiger partial charge >= 0.3 is 0 Å². The number of aryl methyl sites for hydroxylation is 1. The van der Waals surface area contributed by atoms with E-state index in [0.29, 0.717) is 0 Å². The van der Waals surface area contributed by atoms with Crippen LogP contribution >= 0.6 is 0 Å². The van der Waals surface area contributed by atoms with Crippen molar-refractivity contribution in [2.24, 2.45) is 7.05 Å². The average Bonchev–Trinajstić information content (AvgIpc) is 2.50. The standard InChI is InChI=1S/C8H16N4O/c1-8(2,6-13)11(3)7-5-9-10-12(7)4/h5,13H,6H2,1-4H3. The van der Waals surface area contributed by atoms with Crippen LogP contribution in [0.3, 0.4) is 0 Å². The van der Waals surface area contributed by atoms with Gasteiger partial charge in [-0.3, -0.25) is 0 Å². The first-order valence-corrected chi connectivity index (χ1v) is 4.18. The van der Waals surface area contributed by atoms with Crippen molar-refractivity contribution in [3.63, 3.8) is 0 Å². The highest BCUT2D eigenvalue weighted by Gasteiger charge is 2.24. The van der Waals surface area contributed by atoms with Crippen LogP contribution in [-0.2, 0) is 7.05 Å². The number of hydrogen-bond acceptors (Lipinski definition) is 4. The lowest BCUT2D eigenvalue weighted by atomic mass is 10.1. The topological polar surface area (TPSA) is 54.2 Å². The van der Waals surface area contributed by atoms with Gasteiger partial charge in [0.15, 0.2) is 0 Å². The second-order valence-corrected chi connectivity index (χ2v) is 3.75. The van der Waals surface area contributed by atoms with Crippen LogP contribution in [0.15, 0.2) is 6.20 Å². The summed E-state index contributed by atoms with van der Waals surface area (Å²) in [6.45, 7) is 4.01. The Morgan fingerprint density at radius 3 is 2.62 bits per heavy atom. The molecular weight excluding hydrogens is 168 g/mol. The molecule has 1 rings (SSSR count).